The van der Waals surface area contributed by atoms with Gasteiger partial charge in [0.05, 0.1) is 26.5 Å². The van der Waals surface area contributed by atoms with Crippen molar-refractivity contribution in [3.05, 3.63) is 69.8 Å². The Labute approximate surface area is 190 Å². The van der Waals surface area contributed by atoms with E-state index in [1.807, 2.05) is 28.5 Å². The zero-order valence-corrected chi connectivity index (χ0v) is 18.9. The molecule has 4 rings (SSSR count). The maximum atomic E-state index is 13.2. The Morgan fingerprint density at radius 1 is 1.19 bits per heavy atom. The van der Waals surface area contributed by atoms with E-state index in [9.17, 15) is 9.59 Å². The standard InChI is InChI=1S/C24H26N2O5S/c1-29-19-14-16-9-11-26(22(27)8-3-10-25-24(28)18-6-4-12-31-18)23(21-7-5-13-32-21)17(16)15-20(19)30-2/h4-7,12-15,23H,3,8-11H2,1-2H3,(H,25,28). The number of hydrogen-bond acceptors (Lipinski definition) is 6. The minimum absolute atomic E-state index is 0.0658. The Morgan fingerprint density at radius 3 is 2.69 bits per heavy atom. The first kappa shape index (κ1) is 22.0. The van der Waals surface area contributed by atoms with Gasteiger partial charge in [0.1, 0.15) is 0 Å². The molecule has 0 saturated carbocycles. The molecule has 0 aliphatic carbocycles. The number of rotatable bonds is 8. The van der Waals surface area contributed by atoms with E-state index in [4.69, 9.17) is 13.9 Å². The molecule has 7 nitrogen and oxygen atoms in total. The van der Waals surface area contributed by atoms with Gasteiger partial charge < -0.3 is 24.1 Å². The first-order valence-electron chi connectivity index (χ1n) is 10.5. The van der Waals surface area contributed by atoms with E-state index in [1.54, 1.807) is 37.7 Å². The highest BCUT2D eigenvalue weighted by molar-refractivity contribution is 7.10. The van der Waals surface area contributed by atoms with E-state index in [2.05, 4.69) is 11.4 Å². The molecule has 1 aliphatic rings. The fourth-order valence-corrected chi connectivity index (χ4v) is 4.90. The summed E-state index contributed by atoms with van der Waals surface area (Å²) < 4.78 is 16.1. The number of furan rings is 1. The summed E-state index contributed by atoms with van der Waals surface area (Å²) in [7, 11) is 3.25. The molecular weight excluding hydrogens is 428 g/mol. The van der Waals surface area contributed by atoms with E-state index in [-0.39, 0.29) is 23.6 Å². The second-order valence-electron chi connectivity index (χ2n) is 7.50. The van der Waals surface area contributed by atoms with Crippen molar-refractivity contribution >= 4 is 23.2 Å². The van der Waals surface area contributed by atoms with Crippen LogP contribution in [0.2, 0.25) is 0 Å². The van der Waals surface area contributed by atoms with Crippen LogP contribution in [0.15, 0.2) is 52.5 Å². The van der Waals surface area contributed by atoms with Crippen LogP contribution in [-0.2, 0) is 11.2 Å². The molecule has 32 heavy (non-hydrogen) atoms. The number of hydrogen-bond donors (Lipinski definition) is 1. The third-order valence-corrected chi connectivity index (χ3v) is 6.53. The van der Waals surface area contributed by atoms with Gasteiger partial charge >= 0.3 is 0 Å². The molecule has 3 heterocycles. The molecule has 8 heteroatoms. The normalized spacial score (nSPS) is 15.2. The highest BCUT2D eigenvalue weighted by Gasteiger charge is 2.33. The number of ether oxygens (including phenoxy) is 2. The fourth-order valence-electron chi connectivity index (χ4n) is 4.05. The molecule has 1 unspecified atom stereocenters. The summed E-state index contributed by atoms with van der Waals surface area (Å²) in [4.78, 5) is 28.2. The molecule has 3 aromatic rings. The van der Waals surface area contributed by atoms with Crippen LogP contribution >= 0.6 is 11.3 Å². The average Bonchev–Trinajstić information content (AvgIpc) is 3.54. The second-order valence-corrected chi connectivity index (χ2v) is 8.48. The van der Waals surface area contributed by atoms with Gasteiger partial charge in [-0.15, -0.1) is 11.3 Å². The number of carbonyl (C=O) groups excluding carboxylic acids is 2. The number of methoxy groups -OCH3 is 2. The van der Waals surface area contributed by atoms with E-state index < -0.39 is 0 Å². The average molecular weight is 455 g/mol. The van der Waals surface area contributed by atoms with Crippen LogP contribution in [0.1, 0.15) is 45.4 Å². The Hall–Kier alpha value is -3.26. The zero-order valence-electron chi connectivity index (χ0n) is 18.1. The lowest BCUT2D eigenvalue weighted by Crippen LogP contribution is -2.40. The van der Waals surface area contributed by atoms with E-state index in [0.29, 0.717) is 37.4 Å². The molecule has 1 aliphatic heterocycles. The topological polar surface area (TPSA) is 81.0 Å². The summed E-state index contributed by atoms with van der Waals surface area (Å²) in [5.74, 6) is 1.42. The Balaban J connectivity index is 1.48. The predicted octanol–water partition coefficient (Wildman–Crippen LogP) is 4.04. The minimum atomic E-state index is -0.271. The maximum absolute atomic E-state index is 13.2. The number of benzene rings is 1. The van der Waals surface area contributed by atoms with Crippen molar-refractivity contribution in [1.82, 2.24) is 10.2 Å². The predicted molar refractivity (Wildman–Crippen MR) is 121 cm³/mol. The zero-order chi connectivity index (χ0) is 22.5. The summed E-state index contributed by atoms with van der Waals surface area (Å²) in [6, 6.07) is 11.2. The van der Waals surface area contributed by atoms with Crippen molar-refractivity contribution in [2.24, 2.45) is 0 Å². The van der Waals surface area contributed by atoms with Gasteiger partial charge in [-0.05, 0) is 59.7 Å². The van der Waals surface area contributed by atoms with Crippen LogP contribution in [0.5, 0.6) is 11.5 Å². The van der Waals surface area contributed by atoms with Crippen molar-refractivity contribution in [3.63, 3.8) is 0 Å². The SMILES string of the molecule is COc1cc2c(cc1OC)C(c1cccs1)N(C(=O)CCCNC(=O)c1ccco1)CC2. The van der Waals surface area contributed by atoms with Gasteiger partial charge in [0.2, 0.25) is 5.91 Å². The van der Waals surface area contributed by atoms with Gasteiger partial charge in [0, 0.05) is 24.4 Å². The van der Waals surface area contributed by atoms with E-state index in [0.717, 1.165) is 22.4 Å². The lowest BCUT2D eigenvalue weighted by atomic mass is 9.90. The van der Waals surface area contributed by atoms with Gasteiger partial charge in [0.15, 0.2) is 17.3 Å². The van der Waals surface area contributed by atoms with Gasteiger partial charge in [-0.25, -0.2) is 0 Å². The number of thiophene rings is 1. The molecular formula is C24H26N2O5S. The smallest absolute Gasteiger partial charge is 0.286 e. The molecule has 1 aromatic carbocycles. The third-order valence-electron chi connectivity index (χ3n) is 5.60. The molecule has 1 atom stereocenters. The molecule has 0 spiro atoms. The van der Waals surface area contributed by atoms with Gasteiger partial charge in [0.25, 0.3) is 5.91 Å². The van der Waals surface area contributed by atoms with Crippen LogP contribution in [-0.4, -0.2) is 44.0 Å². The van der Waals surface area contributed by atoms with Crippen LogP contribution in [0.25, 0.3) is 0 Å². The summed E-state index contributed by atoms with van der Waals surface area (Å²) in [6.07, 6.45) is 3.11. The van der Waals surface area contributed by atoms with Crippen molar-refractivity contribution in [2.45, 2.75) is 25.3 Å². The second kappa shape index (κ2) is 9.91. The number of carbonyl (C=O) groups is 2. The number of nitrogens with one attached hydrogen (secondary N) is 1. The monoisotopic (exact) mass is 454 g/mol. The first-order valence-corrected chi connectivity index (χ1v) is 11.4. The number of amides is 2. The van der Waals surface area contributed by atoms with Crippen LogP contribution in [0, 0.1) is 0 Å². The Morgan fingerprint density at radius 2 is 2.00 bits per heavy atom. The molecule has 2 amide bonds. The van der Waals surface area contributed by atoms with Crippen LogP contribution < -0.4 is 14.8 Å². The largest absolute Gasteiger partial charge is 0.493 e. The fraction of sp³-hybridized carbons (Fsp3) is 0.333. The van der Waals surface area contributed by atoms with Crippen molar-refractivity contribution < 1.29 is 23.5 Å². The first-order chi connectivity index (χ1) is 15.6. The number of fused-ring (bicyclic) bond motifs is 1. The summed E-state index contributed by atoms with van der Waals surface area (Å²) in [5.41, 5.74) is 2.23. The molecule has 2 aromatic heterocycles. The maximum Gasteiger partial charge on any atom is 0.286 e. The van der Waals surface area contributed by atoms with Crippen molar-refractivity contribution in [2.75, 3.05) is 27.3 Å². The highest BCUT2D eigenvalue weighted by atomic mass is 32.1. The lowest BCUT2D eigenvalue weighted by molar-refractivity contribution is -0.133. The van der Waals surface area contributed by atoms with E-state index >= 15 is 0 Å². The Kier molecular flexibility index (Phi) is 6.80. The quantitative estimate of drug-likeness (QED) is 0.520. The van der Waals surface area contributed by atoms with Crippen LogP contribution in [0.4, 0.5) is 0 Å². The molecule has 168 valence electrons. The van der Waals surface area contributed by atoms with Gasteiger partial charge in [-0.2, -0.15) is 0 Å². The molecule has 0 fully saturated rings. The molecule has 0 saturated heterocycles. The van der Waals surface area contributed by atoms with Gasteiger partial charge in [-0.3, -0.25) is 9.59 Å². The van der Waals surface area contributed by atoms with Crippen LogP contribution in [0.3, 0.4) is 0 Å². The molecule has 0 bridgehead atoms. The van der Waals surface area contributed by atoms with E-state index in [1.165, 1.54) is 6.26 Å². The van der Waals surface area contributed by atoms with Crippen molar-refractivity contribution in [3.8, 4) is 11.5 Å². The lowest BCUT2D eigenvalue weighted by Gasteiger charge is -2.37. The Bertz CT molecular complexity index is 1060. The molecule has 1 N–H and O–H groups in total. The molecule has 0 radical (unpaired) electrons. The highest BCUT2D eigenvalue weighted by Crippen LogP contribution is 2.42. The summed E-state index contributed by atoms with van der Waals surface area (Å²) in [6.45, 7) is 1.03. The summed E-state index contributed by atoms with van der Waals surface area (Å²) >= 11 is 1.63. The number of nitrogens with zero attached hydrogens (tertiary/aromatic N) is 1. The van der Waals surface area contributed by atoms with Crippen molar-refractivity contribution in [1.29, 1.82) is 0 Å². The minimum Gasteiger partial charge on any atom is -0.493 e. The summed E-state index contributed by atoms with van der Waals surface area (Å²) in [5, 5.41) is 4.82. The third kappa shape index (κ3) is 4.50. The van der Waals surface area contributed by atoms with Gasteiger partial charge in [-0.1, -0.05) is 6.07 Å².